The second-order valence-corrected chi connectivity index (χ2v) is 8.89. The van der Waals surface area contributed by atoms with E-state index in [1.54, 1.807) is 0 Å². The molecule has 0 amide bonds. The van der Waals surface area contributed by atoms with Crippen molar-refractivity contribution in [1.82, 2.24) is 9.03 Å². The highest BCUT2D eigenvalue weighted by Gasteiger charge is 2.30. The summed E-state index contributed by atoms with van der Waals surface area (Å²) in [7, 11) is -7.36. The monoisotopic (exact) mass is 354 g/mol. The lowest BCUT2D eigenvalue weighted by Gasteiger charge is -2.31. The van der Waals surface area contributed by atoms with Gasteiger partial charge in [-0.1, -0.05) is 0 Å². The summed E-state index contributed by atoms with van der Waals surface area (Å²) in [5.41, 5.74) is 0. The molecule has 0 aliphatic carbocycles. The molecule has 10 heteroatoms. The van der Waals surface area contributed by atoms with Crippen LogP contribution >= 0.6 is 0 Å². The van der Waals surface area contributed by atoms with Gasteiger partial charge in [0.25, 0.3) is 0 Å². The van der Waals surface area contributed by atoms with E-state index in [0.717, 1.165) is 22.7 Å². The minimum atomic E-state index is -4.00. The lowest BCUT2D eigenvalue weighted by atomic mass is 10.1. The van der Waals surface area contributed by atoms with E-state index in [9.17, 15) is 25.6 Å². The molecule has 1 saturated heterocycles. The Labute approximate surface area is 128 Å². The first kappa shape index (κ1) is 17.3. The molecule has 0 saturated carbocycles. The van der Waals surface area contributed by atoms with Gasteiger partial charge in [0.1, 0.15) is 11.6 Å². The fourth-order valence-corrected chi connectivity index (χ4v) is 4.70. The highest BCUT2D eigenvalue weighted by Crippen LogP contribution is 2.22. The minimum Gasteiger partial charge on any atom is -0.213 e. The molecule has 124 valence electrons. The Balaban J connectivity index is 2.13. The third-order valence-corrected chi connectivity index (χ3v) is 5.95. The van der Waals surface area contributed by atoms with Crippen LogP contribution in [-0.2, 0) is 20.0 Å². The zero-order chi connectivity index (χ0) is 16.5. The van der Waals surface area contributed by atoms with Crippen LogP contribution in [0.2, 0.25) is 0 Å². The molecule has 1 N–H and O–H groups in total. The Morgan fingerprint density at radius 3 is 2.00 bits per heavy atom. The van der Waals surface area contributed by atoms with Crippen LogP contribution in [0, 0.1) is 11.6 Å². The predicted molar refractivity (Wildman–Crippen MR) is 76.1 cm³/mol. The molecule has 1 heterocycles. The second kappa shape index (κ2) is 6.19. The second-order valence-electron chi connectivity index (χ2n) is 5.17. The molecular weight excluding hydrogens is 338 g/mol. The number of sulfonamides is 2. The lowest BCUT2D eigenvalue weighted by molar-refractivity contribution is 0.308. The summed E-state index contributed by atoms with van der Waals surface area (Å²) in [4.78, 5) is -0.445. The highest BCUT2D eigenvalue weighted by atomic mass is 32.2. The van der Waals surface area contributed by atoms with E-state index in [0.29, 0.717) is 18.9 Å². The largest absolute Gasteiger partial charge is 0.243 e. The normalized spacial score (nSPS) is 18.5. The van der Waals surface area contributed by atoms with Gasteiger partial charge >= 0.3 is 0 Å². The van der Waals surface area contributed by atoms with Crippen LogP contribution in [0.5, 0.6) is 0 Å². The van der Waals surface area contributed by atoms with E-state index in [4.69, 9.17) is 0 Å². The highest BCUT2D eigenvalue weighted by molar-refractivity contribution is 7.89. The fourth-order valence-electron chi connectivity index (χ4n) is 2.34. The molecule has 1 aromatic rings. The Hall–Kier alpha value is -1.10. The molecule has 0 radical (unpaired) electrons. The molecular formula is C12H16F2N2O4S2. The summed E-state index contributed by atoms with van der Waals surface area (Å²) in [6, 6.07) is 1.78. The number of nitrogens with one attached hydrogen (secondary N) is 1. The van der Waals surface area contributed by atoms with Crippen molar-refractivity contribution in [2.75, 3.05) is 19.3 Å². The molecule has 2 rings (SSSR count). The van der Waals surface area contributed by atoms with Gasteiger partial charge in [-0.25, -0.2) is 30.3 Å². The van der Waals surface area contributed by atoms with E-state index >= 15 is 0 Å². The Morgan fingerprint density at radius 2 is 1.55 bits per heavy atom. The van der Waals surface area contributed by atoms with Crippen LogP contribution in [0.1, 0.15) is 12.8 Å². The number of benzene rings is 1. The van der Waals surface area contributed by atoms with E-state index in [-0.39, 0.29) is 19.1 Å². The summed E-state index contributed by atoms with van der Waals surface area (Å²) in [5.74, 6) is -1.93. The maximum Gasteiger partial charge on any atom is 0.243 e. The van der Waals surface area contributed by atoms with E-state index in [1.807, 2.05) is 0 Å². The quantitative estimate of drug-likeness (QED) is 0.861. The molecule has 1 aliphatic heterocycles. The summed E-state index contributed by atoms with van der Waals surface area (Å²) in [6.07, 6.45) is 1.62. The summed E-state index contributed by atoms with van der Waals surface area (Å²) in [6.45, 7) is 0.154. The van der Waals surface area contributed by atoms with Gasteiger partial charge in [-0.15, -0.1) is 0 Å². The third kappa shape index (κ3) is 4.22. The third-order valence-electron chi connectivity index (χ3n) is 3.31. The average molecular weight is 354 g/mol. The maximum atomic E-state index is 13.2. The van der Waals surface area contributed by atoms with E-state index in [1.165, 1.54) is 0 Å². The SMILES string of the molecule is CS(=O)(=O)NC1CCN(S(=O)(=O)c2cc(F)cc(F)c2)CC1. The van der Waals surface area contributed by atoms with Crippen molar-refractivity contribution in [2.45, 2.75) is 23.8 Å². The first-order valence-corrected chi connectivity index (χ1v) is 9.84. The molecule has 0 unspecified atom stereocenters. The molecule has 6 nitrogen and oxygen atoms in total. The van der Waals surface area contributed by atoms with Crippen LogP contribution < -0.4 is 4.72 Å². The molecule has 22 heavy (non-hydrogen) atoms. The van der Waals surface area contributed by atoms with Crippen LogP contribution in [0.3, 0.4) is 0 Å². The molecule has 0 aromatic heterocycles. The molecule has 1 aliphatic rings. The first-order valence-electron chi connectivity index (χ1n) is 6.51. The number of piperidine rings is 1. The predicted octanol–water partition coefficient (Wildman–Crippen LogP) is 0.667. The van der Waals surface area contributed by atoms with E-state index < -0.39 is 36.6 Å². The van der Waals surface area contributed by atoms with Crippen molar-refractivity contribution in [2.24, 2.45) is 0 Å². The van der Waals surface area contributed by atoms with E-state index in [2.05, 4.69) is 4.72 Å². The van der Waals surface area contributed by atoms with Crippen LogP contribution in [-0.4, -0.2) is 46.5 Å². The standard InChI is InChI=1S/C12H16F2N2O4S2/c1-21(17,18)15-11-2-4-16(5-3-11)22(19,20)12-7-9(13)6-10(14)8-12/h6-8,11,15H,2-5H2,1H3. The van der Waals surface area contributed by atoms with Gasteiger partial charge in [-0.05, 0) is 25.0 Å². The number of rotatable bonds is 4. The smallest absolute Gasteiger partial charge is 0.213 e. The van der Waals surface area contributed by atoms with Gasteiger partial charge in [0.05, 0.1) is 11.2 Å². The zero-order valence-corrected chi connectivity index (χ0v) is 13.4. The van der Waals surface area contributed by atoms with Crippen molar-refractivity contribution >= 4 is 20.0 Å². The van der Waals surface area contributed by atoms with Crippen LogP contribution in [0.25, 0.3) is 0 Å². The Morgan fingerprint density at radius 1 is 1.05 bits per heavy atom. The van der Waals surface area contributed by atoms with Crippen LogP contribution in [0.4, 0.5) is 8.78 Å². The van der Waals surface area contributed by atoms with Crippen molar-refractivity contribution < 1.29 is 25.6 Å². The van der Waals surface area contributed by atoms with Gasteiger partial charge in [-0.2, -0.15) is 4.31 Å². The summed E-state index contributed by atoms with van der Waals surface area (Å²) in [5, 5.41) is 0. The van der Waals surface area contributed by atoms with Gasteiger partial charge < -0.3 is 0 Å². The number of halogens is 2. The van der Waals surface area contributed by atoms with Crippen molar-refractivity contribution in [3.8, 4) is 0 Å². The number of hydrogen-bond donors (Lipinski definition) is 1. The lowest BCUT2D eigenvalue weighted by Crippen LogP contribution is -2.46. The molecule has 0 atom stereocenters. The first-order chi connectivity index (χ1) is 10.1. The minimum absolute atomic E-state index is 0.0770. The Bertz CT molecular complexity index is 737. The van der Waals surface area contributed by atoms with Crippen LogP contribution in [0.15, 0.2) is 23.1 Å². The fraction of sp³-hybridized carbons (Fsp3) is 0.500. The Kier molecular flexibility index (Phi) is 4.85. The van der Waals surface area contributed by atoms with Gasteiger partial charge in [0.15, 0.2) is 0 Å². The van der Waals surface area contributed by atoms with Gasteiger partial charge in [0.2, 0.25) is 20.0 Å². The van der Waals surface area contributed by atoms with Gasteiger partial charge in [0, 0.05) is 25.2 Å². The number of nitrogens with zero attached hydrogens (tertiary/aromatic N) is 1. The number of hydrogen-bond acceptors (Lipinski definition) is 4. The van der Waals surface area contributed by atoms with Gasteiger partial charge in [-0.3, -0.25) is 0 Å². The zero-order valence-electron chi connectivity index (χ0n) is 11.8. The average Bonchev–Trinajstić information content (AvgIpc) is 2.36. The maximum absolute atomic E-state index is 13.2. The molecule has 1 aromatic carbocycles. The summed E-state index contributed by atoms with van der Waals surface area (Å²) >= 11 is 0. The summed E-state index contributed by atoms with van der Waals surface area (Å²) < 4.78 is 76.8. The molecule has 1 fully saturated rings. The topological polar surface area (TPSA) is 83.6 Å². The molecule has 0 bridgehead atoms. The van der Waals surface area contributed by atoms with Crippen molar-refractivity contribution in [1.29, 1.82) is 0 Å². The van der Waals surface area contributed by atoms with Crippen molar-refractivity contribution in [3.63, 3.8) is 0 Å². The molecule has 0 spiro atoms. The van der Waals surface area contributed by atoms with Crippen molar-refractivity contribution in [3.05, 3.63) is 29.8 Å².